The van der Waals surface area contributed by atoms with E-state index in [-0.39, 0.29) is 12.4 Å². The topological polar surface area (TPSA) is 170 Å². The number of nitrogens with zero attached hydrogens (tertiary/aromatic N) is 5. The van der Waals surface area contributed by atoms with E-state index in [1.54, 1.807) is 7.05 Å². The monoisotopic (exact) mass is 374 g/mol. The van der Waals surface area contributed by atoms with E-state index in [4.69, 9.17) is 10.3 Å². The highest BCUT2D eigenvalue weighted by atomic mass is 32.3. The molecule has 1 aromatic rings. The third kappa shape index (κ3) is 2.90. The average Bonchev–Trinajstić information content (AvgIpc) is 3.00. The van der Waals surface area contributed by atoms with E-state index < -0.39 is 34.5 Å². The molecular formula is C11H14N6O7S. The molecule has 25 heavy (non-hydrogen) atoms. The lowest BCUT2D eigenvalue weighted by molar-refractivity contribution is -0.141. The minimum Gasteiger partial charge on any atom is -0.382 e. The van der Waals surface area contributed by atoms with Crippen LogP contribution in [-0.4, -0.2) is 57.1 Å². The van der Waals surface area contributed by atoms with E-state index in [0.29, 0.717) is 16.3 Å². The molecule has 0 spiro atoms. The molecular weight excluding hydrogens is 360 g/mol. The molecule has 0 aromatic carbocycles. The molecule has 2 aliphatic heterocycles. The number of oxime groups is 1. The summed E-state index contributed by atoms with van der Waals surface area (Å²) < 4.78 is 36.8. The summed E-state index contributed by atoms with van der Waals surface area (Å²) in [6, 6.07) is -2.64. The Balaban J connectivity index is 2.06. The van der Waals surface area contributed by atoms with Crippen molar-refractivity contribution in [2.24, 2.45) is 17.9 Å². The molecule has 3 N–H and O–H groups in total. The van der Waals surface area contributed by atoms with Crippen molar-refractivity contribution in [3.05, 3.63) is 17.5 Å². The number of aromatic nitrogens is 2. The second kappa shape index (κ2) is 5.68. The minimum absolute atomic E-state index is 0.00794. The van der Waals surface area contributed by atoms with Crippen LogP contribution >= 0.6 is 0 Å². The van der Waals surface area contributed by atoms with Crippen molar-refractivity contribution in [3.8, 4) is 0 Å². The van der Waals surface area contributed by atoms with Crippen molar-refractivity contribution in [2.45, 2.75) is 19.0 Å². The predicted octanol–water partition coefficient (Wildman–Crippen LogP) is -1.18. The maximum Gasteiger partial charge on any atom is 0.418 e. The normalized spacial score (nSPS) is 23.0. The van der Waals surface area contributed by atoms with Crippen LogP contribution in [0.3, 0.4) is 0 Å². The Morgan fingerprint density at radius 3 is 2.80 bits per heavy atom. The van der Waals surface area contributed by atoms with Crippen LogP contribution in [0.5, 0.6) is 0 Å². The predicted molar refractivity (Wildman–Crippen MR) is 78.7 cm³/mol. The molecule has 14 heteroatoms. The molecule has 2 aliphatic rings. The molecule has 3 rings (SSSR count). The van der Waals surface area contributed by atoms with Crippen LogP contribution < -0.4 is 5.73 Å². The molecule has 13 nitrogen and oxygen atoms in total. The van der Waals surface area contributed by atoms with Crippen molar-refractivity contribution in [2.75, 3.05) is 6.54 Å². The molecule has 2 bridgehead atoms. The fourth-order valence-electron chi connectivity index (χ4n) is 2.89. The first-order valence-corrected chi connectivity index (χ1v) is 8.26. The Bertz CT molecular complexity index is 877. The van der Waals surface area contributed by atoms with Gasteiger partial charge < -0.3 is 15.5 Å². The molecule has 0 aliphatic carbocycles. The van der Waals surface area contributed by atoms with Crippen LogP contribution in [0.15, 0.2) is 11.4 Å². The lowest BCUT2D eigenvalue weighted by atomic mass is 9.97. The van der Waals surface area contributed by atoms with Crippen LogP contribution in [-0.2, 0) is 31.4 Å². The average molecular weight is 374 g/mol. The number of carbonyl (C=O) groups is 2. The standard InChI is InChI=1S/C11H14N6O7S/c1-5(18)23-14-10(12)9-8-6(3-13-15(8)2)7-4-16(9)11(19)17(7)24-25(20,21)22/h3,7,9H,4H2,1-2H3,(H2,12,14)(H,20,21,22)/t7-,9-/m0/s1. The largest absolute Gasteiger partial charge is 0.418 e. The fraction of sp³-hybridized carbons (Fsp3) is 0.455. The summed E-state index contributed by atoms with van der Waals surface area (Å²) in [6.07, 6.45) is 1.42. The Labute approximate surface area is 141 Å². The van der Waals surface area contributed by atoms with Crippen LogP contribution in [0.1, 0.15) is 30.3 Å². The molecule has 2 atom stereocenters. The number of amides is 2. The number of amidine groups is 1. The van der Waals surface area contributed by atoms with Crippen LogP contribution in [0.2, 0.25) is 0 Å². The van der Waals surface area contributed by atoms with E-state index in [1.807, 2.05) is 0 Å². The number of fused-ring (bicyclic) bond motifs is 4. The summed E-state index contributed by atoms with van der Waals surface area (Å²) >= 11 is 0. The van der Waals surface area contributed by atoms with Crippen LogP contribution in [0.25, 0.3) is 0 Å². The number of urea groups is 1. The summed E-state index contributed by atoms with van der Waals surface area (Å²) in [5, 5.41) is 8.09. The van der Waals surface area contributed by atoms with E-state index in [2.05, 4.69) is 19.4 Å². The molecule has 1 fully saturated rings. The second-order valence-corrected chi connectivity index (χ2v) is 6.39. The van der Waals surface area contributed by atoms with E-state index in [9.17, 15) is 18.0 Å². The van der Waals surface area contributed by atoms with Gasteiger partial charge in [0.25, 0.3) is 0 Å². The summed E-state index contributed by atoms with van der Waals surface area (Å²) in [6.45, 7) is 1.14. The zero-order valence-corrected chi connectivity index (χ0v) is 13.9. The number of hydroxylamine groups is 2. The molecule has 0 radical (unpaired) electrons. The maximum absolute atomic E-state index is 12.5. The number of nitrogens with two attached hydrogens (primary N) is 1. The first-order valence-electron chi connectivity index (χ1n) is 6.89. The van der Waals surface area contributed by atoms with Gasteiger partial charge in [0.15, 0.2) is 5.84 Å². The van der Waals surface area contributed by atoms with Crippen LogP contribution in [0, 0.1) is 0 Å². The van der Waals surface area contributed by atoms with Gasteiger partial charge in [0, 0.05) is 19.5 Å². The van der Waals surface area contributed by atoms with Crippen LogP contribution in [0.4, 0.5) is 4.79 Å². The number of hydrogen-bond donors (Lipinski definition) is 2. The Kier molecular flexibility index (Phi) is 3.89. The second-order valence-electron chi connectivity index (χ2n) is 5.39. The van der Waals surface area contributed by atoms with Gasteiger partial charge in [-0.05, 0) is 0 Å². The summed E-state index contributed by atoms with van der Waals surface area (Å²) in [4.78, 5) is 29.1. The van der Waals surface area contributed by atoms with Gasteiger partial charge in [-0.2, -0.15) is 18.6 Å². The SMILES string of the molecule is CC(=O)O/N=C(\N)[C@@H]1c2c(cnn2C)[C@@H]2CN1C(=O)N2OS(=O)(=O)O. The van der Waals surface area contributed by atoms with Crippen molar-refractivity contribution in [3.63, 3.8) is 0 Å². The number of hydrogen-bond acceptors (Lipinski definition) is 8. The summed E-state index contributed by atoms with van der Waals surface area (Å²) in [5.74, 6) is -0.911. The van der Waals surface area contributed by atoms with Crippen molar-refractivity contribution >= 4 is 28.2 Å². The molecule has 1 aromatic heterocycles. The molecule has 1 saturated heterocycles. The third-order valence-electron chi connectivity index (χ3n) is 3.77. The highest BCUT2D eigenvalue weighted by Crippen LogP contribution is 2.43. The first kappa shape index (κ1) is 17.1. The lowest BCUT2D eigenvalue weighted by Crippen LogP contribution is -2.42. The molecule has 0 unspecified atom stereocenters. The van der Waals surface area contributed by atoms with Crippen molar-refractivity contribution in [1.82, 2.24) is 19.7 Å². The smallest absolute Gasteiger partial charge is 0.382 e. The van der Waals surface area contributed by atoms with E-state index >= 15 is 0 Å². The van der Waals surface area contributed by atoms with Gasteiger partial charge in [0.1, 0.15) is 12.1 Å². The highest BCUT2D eigenvalue weighted by molar-refractivity contribution is 7.80. The number of aryl methyl sites for hydroxylation is 1. The molecule has 0 saturated carbocycles. The van der Waals surface area contributed by atoms with E-state index in [1.165, 1.54) is 15.8 Å². The molecule has 2 amide bonds. The quantitative estimate of drug-likeness (QED) is 0.216. The van der Waals surface area contributed by atoms with E-state index in [0.717, 1.165) is 6.92 Å². The van der Waals surface area contributed by atoms with Gasteiger partial charge in [-0.1, -0.05) is 5.16 Å². The molecule has 136 valence electrons. The zero-order valence-electron chi connectivity index (χ0n) is 13.1. The van der Waals surface area contributed by atoms with Crippen molar-refractivity contribution < 1.29 is 31.7 Å². The number of carbonyl (C=O) groups excluding carboxylic acids is 2. The summed E-state index contributed by atoms with van der Waals surface area (Å²) in [7, 11) is -3.32. The Morgan fingerprint density at radius 2 is 2.20 bits per heavy atom. The number of rotatable bonds is 4. The van der Waals surface area contributed by atoms with Gasteiger partial charge in [-0.25, -0.2) is 9.59 Å². The zero-order chi connectivity index (χ0) is 18.5. The van der Waals surface area contributed by atoms with Gasteiger partial charge in [0.2, 0.25) is 0 Å². The molecule has 3 heterocycles. The minimum atomic E-state index is -4.91. The Hall–Kier alpha value is -2.71. The lowest BCUT2D eigenvalue weighted by Gasteiger charge is -2.30. The highest BCUT2D eigenvalue weighted by Gasteiger charge is 2.53. The van der Waals surface area contributed by atoms with Crippen molar-refractivity contribution in [1.29, 1.82) is 0 Å². The maximum atomic E-state index is 12.5. The summed E-state index contributed by atoms with van der Waals surface area (Å²) in [5.41, 5.74) is 6.77. The Morgan fingerprint density at radius 1 is 1.52 bits per heavy atom. The van der Waals surface area contributed by atoms with Gasteiger partial charge in [-0.15, -0.1) is 4.28 Å². The van der Waals surface area contributed by atoms with Gasteiger partial charge >= 0.3 is 22.4 Å². The fourth-order valence-corrected chi connectivity index (χ4v) is 3.26. The third-order valence-corrected chi connectivity index (χ3v) is 4.11. The van der Waals surface area contributed by atoms with Gasteiger partial charge in [0.05, 0.1) is 18.4 Å². The first-order chi connectivity index (χ1) is 11.6. The van der Waals surface area contributed by atoms with Gasteiger partial charge in [-0.3, -0.25) is 9.23 Å².